The highest BCUT2D eigenvalue weighted by Crippen LogP contribution is 2.14. The molecule has 0 spiro atoms. The molecule has 0 fully saturated rings. The second-order valence-electron chi connectivity index (χ2n) is 3.68. The van der Waals surface area contributed by atoms with Gasteiger partial charge in [0.05, 0.1) is 18.4 Å². The van der Waals surface area contributed by atoms with Crippen molar-refractivity contribution in [1.82, 2.24) is 0 Å². The van der Waals surface area contributed by atoms with Gasteiger partial charge < -0.3 is 9.94 Å². The summed E-state index contributed by atoms with van der Waals surface area (Å²) in [6, 6.07) is 9.51. The quantitative estimate of drug-likeness (QED) is 0.355. The fourth-order valence-electron chi connectivity index (χ4n) is 1.36. The molecular weight excluding hydrogens is 216 g/mol. The third-order valence-electron chi connectivity index (χ3n) is 2.35. The molecule has 4 nitrogen and oxygen atoms in total. The molecule has 1 rings (SSSR count). The minimum absolute atomic E-state index is 0.555. The summed E-state index contributed by atoms with van der Waals surface area (Å²) in [7, 11) is 0. The van der Waals surface area contributed by atoms with Crippen molar-refractivity contribution in [3.05, 3.63) is 29.8 Å². The topological polar surface area (TPSA) is 65.6 Å². The largest absolute Gasteiger partial charge is 0.494 e. The standard InChI is InChI=1S/C13H16N2O2/c1-11(15-16)12-6-5-7-13(10-12)17-9-4-2-3-8-14/h5-7,10,16H,2-4,9H2,1H3. The molecule has 0 bridgehead atoms. The molecule has 0 amide bonds. The third kappa shape index (κ3) is 4.56. The van der Waals surface area contributed by atoms with E-state index in [1.807, 2.05) is 24.3 Å². The maximum absolute atomic E-state index is 8.67. The smallest absolute Gasteiger partial charge is 0.119 e. The molecule has 0 atom stereocenters. The van der Waals surface area contributed by atoms with Gasteiger partial charge in [-0.1, -0.05) is 17.3 Å². The molecule has 0 saturated heterocycles. The summed E-state index contributed by atoms with van der Waals surface area (Å²) in [6.45, 7) is 2.33. The van der Waals surface area contributed by atoms with E-state index in [0.29, 0.717) is 18.7 Å². The number of hydrogen-bond acceptors (Lipinski definition) is 4. The van der Waals surface area contributed by atoms with Crippen LogP contribution in [0.15, 0.2) is 29.4 Å². The van der Waals surface area contributed by atoms with Gasteiger partial charge in [0.2, 0.25) is 0 Å². The Labute approximate surface area is 101 Å². The number of nitrogens with zero attached hydrogens (tertiary/aromatic N) is 2. The Balaban J connectivity index is 2.47. The van der Waals surface area contributed by atoms with Crippen LogP contribution in [0.3, 0.4) is 0 Å². The van der Waals surface area contributed by atoms with Gasteiger partial charge in [-0.3, -0.25) is 0 Å². The lowest BCUT2D eigenvalue weighted by atomic mass is 10.1. The van der Waals surface area contributed by atoms with Crippen LogP contribution in [0.1, 0.15) is 31.7 Å². The fraction of sp³-hybridized carbons (Fsp3) is 0.385. The van der Waals surface area contributed by atoms with Crippen LogP contribution in [0.25, 0.3) is 0 Å². The average Bonchev–Trinajstić information content (AvgIpc) is 2.38. The number of hydrogen-bond donors (Lipinski definition) is 1. The summed E-state index contributed by atoms with van der Waals surface area (Å²) in [5.41, 5.74) is 1.39. The molecule has 0 radical (unpaired) electrons. The van der Waals surface area contributed by atoms with Crippen molar-refractivity contribution < 1.29 is 9.94 Å². The van der Waals surface area contributed by atoms with E-state index >= 15 is 0 Å². The van der Waals surface area contributed by atoms with Crippen LogP contribution in [-0.4, -0.2) is 17.5 Å². The van der Waals surface area contributed by atoms with Crippen LogP contribution in [0.5, 0.6) is 5.75 Å². The van der Waals surface area contributed by atoms with E-state index < -0.39 is 0 Å². The van der Waals surface area contributed by atoms with Gasteiger partial charge in [0.1, 0.15) is 5.75 Å². The second-order valence-corrected chi connectivity index (χ2v) is 3.68. The summed E-state index contributed by atoms with van der Waals surface area (Å²) in [4.78, 5) is 0. The van der Waals surface area contributed by atoms with Gasteiger partial charge in [0.25, 0.3) is 0 Å². The molecule has 0 aliphatic heterocycles. The van der Waals surface area contributed by atoms with Gasteiger partial charge in [-0.2, -0.15) is 5.26 Å². The fourth-order valence-corrected chi connectivity index (χ4v) is 1.36. The average molecular weight is 232 g/mol. The Morgan fingerprint density at radius 1 is 1.47 bits per heavy atom. The maximum atomic E-state index is 8.67. The molecule has 1 N–H and O–H groups in total. The van der Waals surface area contributed by atoms with Crippen LogP contribution in [0.4, 0.5) is 0 Å². The van der Waals surface area contributed by atoms with Crippen molar-refractivity contribution in [2.24, 2.45) is 5.16 Å². The minimum atomic E-state index is 0.555. The Kier molecular flexibility index (Phi) is 5.59. The highest BCUT2D eigenvalue weighted by atomic mass is 16.5. The summed E-state index contributed by atoms with van der Waals surface area (Å²) in [6.07, 6.45) is 2.29. The normalized spacial score (nSPS) is 10.9. The summed E-state index contributed by atoms with van der Waals surface area (Å²) >= 11 is 0. The van der Waals surface area contributed by atoms with Crippen molar-refractivity contribution in [2.75, 3.05) is 6.61 Å². The molecule has 0 saturated carbocycles. The Morgan fingerprint density at radius 3 is 3.00 bits per heavy atom. The molecule has 0 unspecified atom stereocenters. The number of ether oxygens (including phenoxy) is 1. The predicted molar refractivity (Wildman–Crippen MR) is 65.4 cm³/mol. The maximum Gasteiger partial charge on any atom is 0.119 e. The van der Waals surface area contributed by atoms with Crippen molar-refractivity contribution >= 4 is 5.71 Å². The van der Waals surface area contributed by atoms with Crippen LogP contribution in [0.2, 0.25) is 0 Å². The van der Waals surface area contributed by atoms with Gasteiger partial charge in [-0.25, -0.2) is 0 Å². The third-order valence-corrected chi connectivity index (χ3v) is 2.35. The lowest BCUT2D eigenvalue weighted by Crippen LogP contribution is -1.99. The van der Waals surface area contributed by atoms with Gasteiger partial charge in [0.15, 0.2) is 0 Å². The van der Waals surface area contributed by atoms with Crippen molar-refractivity contribution in [3.8, 4) is 11.8 Å². The van der Waals surface area contributed by atoms with Crippen LogP contribution in [-0.2, 0) is 0 Å². The van der Waals surface area contributed by atoms with E-state index in [-0.39, 0.29) is 0 Å². The summed E-state index contributed by atoms with van der Waals surface area (Å²) in [5, 5.41) is 20.2. The number of benzene rings is 1. The highest BCUT2D eigenvalue weighted by Gasteiger charge is 2.00. The lowest BCUT2D eigenvalue weighted by molar-refractivity contribution is 0.307. The molecular formula is C13H16N2O2. The summed E-state index contributed by atoms with van der Waals surface area (Å²) in [5.74, 6) is 0.752. The van der Waals surface area contributed by atoms with Gasteiger partial charge in [-0.05, 0) is 31.9 Å². The summed E-state index contributed by atoms with van der Waals surface area (Å²) < 4.78 is 5.54. The first-order chi connectivity index (χ1) is 8.27. The monoisotopic (exact) mass is 232 g/mol. The molecule has 0 aliphatic rings. The van der Waals surface area contributed by atoms with E-state index in [9.17, 15) is 0 Å². The molecule has 0 aliphatic carbocycles. The zero-order valence-corrected chi connectivity index (χ0v) is 9.89. The van der Waals surface area contributed by atoms with Crippen molar-refractivity contribution in [2.45, 2.75) is 26.2 Å². The number of rotatable bonds is 6. The van der Waals surface area contributed by atoms with Crippen molar-refractivity contribution in [3.63, 3.8) is 0 Å². The molecule has 0 heterocycles. The van der Waals surface area contributed by atoms with Gasteiger partial charge in [0, 0.05) is 12.0 Å². The lowest BCUT2D eigenvalue weighted by Gasteiger charge is -2.06. The first kappa shape index (κ1) is 13.0. The second kappa shape index (κ2) is 7.29. The number of unbranched alkanes of at least 4 members (excludes halogenated alkanes) is 2. The SMILES string of the molecule is CC(=NO)c1cccc(OCCCCC#N)c1. The molecule has 1 aromatic carbocycles. The first-order valence-electron chi connectivity index (χ1n) is 5.56. The predicted octanol–water partition coefficient (Wildman–Crippen LogP) is 2.96. The molecule has 90 valence electrons. The van der Waals surface area contributed by atoms with Crippen LogP contribution >= 0.6 is 0 Å². The van der Waals surface area contributed by atoms with E-state index in [0.717, 1.165) is 24.2 Å². The van der Waals surface area contributed by atoms with E-state index in [4.69, 9.17) is 15.2 Å². The number of oxime groups is 1. The van der Waals surface area contributed by atoms with E-state index in [1.165, 1.54) is 0 Å². The highest BCUT2D eigenvalue weighted by molar-refractivity contribution is 5.98. The molecule has 0 aromatic heterocycles. The Morgan fingerprint density at radius 2 is 2.29 bits per heavy atom. The minimum Gasteiger partial charge on any atom is -0.494 e. The van der Waals surface area contributed by atoms with Crippen molar-refractivity contribution in [1.29, 1.82) is 5.26 Å². The first-order valence-corrected chi connectivity index (χ1v) is 5.56. The molecule has 4 heteroatoms. The van der Waals surface area contributed by atoms with E-state index in [2.05, 4.69) is 11.2 Å². The zero-order chi connectivity index (χ0) is 12.5. The van der Waals surface area contributed by atoms with E-state index in [1.54, 1.807) is 6.92 Å². The van der Waals surface area contributed by atoms with Crippen LogP contribution in [0, 0.1) is 11.3 Å². The molecule has 1 aromatic rings. The molecule has 17 heavy (non-hydrogen) atoms. The van der Waals surface area contributed by atoms with Gasteiger partial charge >= 0.3 is 0 Å². The Bertz CT molecular complexity index is 422. The number of nitriles is 1. The van der Waals surface area contributed by atoms with Gasteiger partial charge in [-0.15, -0.1) is 0 Å². The Hall–Kier alpha value is -2.02. The zero-order valence-electron chi connectivity index (χ0n) is 9.89. The van der Waals surface area contributed by atoms with Crippen LogP contribution < -0.4 is 4.74 Å².